The van der Waals surface area contributed by atoms with E-state index >= 15 is 0 Å². The van der Waals surface area contributed by atoms with Gasteiger partial charge in [-0.05, 0) is 37.7 Å². The Labute approximate surface area is 202 Å². The minimum Gasteiger partial charge on any atom is -0.317 e. The molecule has 8 nitrogen and oxygen atoms in total. The first-order valence-electron chi connectivity index (χ1n) is 9.43. The van der Waals surface area contributed by atoms with Crippen LogP contribution in [0.3, 0.4) is 0 Å². The van der Waals surface area contributed by atoms with Crippen molar-refractivity contribution in [1.29, 1.82) is 0 Å². The number of hydrogen-bond acceptors (Lipinski definition) is 5. The third-order valence-corrected chi connectivity index (χ3v) is 6.78. The van der Waals surface area contributed by atoms with Gasteiger partial charge in [0.15, 0.2) is 4.77 Å². The number of carbonyl (C=O) groups excluding carboxylic acids is 1. The van der Waals surface area contributed by atoms with Gasteiger partial charge in [-0.3, -0.25) is 18.5 Å². The second-order valence-corrected chi connectivity index (χ2v) is 9.44. The summed E-state index contributed by atoms with van der Waals surface area (Å²) in [5.41, 5.74) is -3.84. The van der Waals surface area contributed by atoms with Crippen molar-refractivity contribution < 1.29 is 30.8 Å². The lowest BCUT2D eigenvalue weighted by Crippen LogP contribution is -2.43. The number of nitrogens with one attached hydrogen (secondary N) is 1. The lowest BCUT2D eigenvalue weighted by Gasteiger charge is -2.24. The largest absolute Gasteiger partial charge is 0.431 e. The van der Waals surface area contributed by atoms with Gasteiger partial charge in [-0.25, -0.2) is 9.11 Å². The van der Waals surface area contributed by atoms with Gasteiger partial charge in [0.05, 0.1) is 16.3 Å². The molecule has 1 heterocycles. The van der Waals surface area contributed by atoms with Crippen LogP contribution in [0.5, 0.6) is 0 Å². The third-order valence-electron chi connectivity index (χ3n) is 4.50. The second-order valence-electron chi connectivity index (χ2n) is 7.07. The molecule has 0 aliphatic carbocycles. The van der Waals surface area contributed by atoms with Gasteiger partial charge in [0.2, 0.25) is 0 Å². The van der Waals surface area contributed by atoms with E-state index < -0.39 is 60.4 Å². The van der Waals surface area contributed by atoms with Crippen molar-refractivity contribution in [3.05, 3.63) is 67.7 Å². The molecular formula is C19H19ClF4N4O4S2. The molecule has 2 aromatic rings. The molecule has 0 unspecified atom stereocenters. The first kappa shape index (κ1) is 27.5. The van der Waals surface area contributed by atoms with Gasteiger partial charge in [0.1, 0.15) is 11.5 Å². The molecule has 1 aromatic heterocycles. The number of benzene rings is 1. The van der Waals surface area contributed by atoms with Crippen molar-refractivity contribution in [2.75, 3.05) is 6.54 Å². The molecule has 34 heavy (non-hydrogen) atoms. The zero-order valence-corrected chi connectivity index (χ0v) is 20.4. The number of nitrogens with zero attached hydrogens (tertiary/aromatic N) is 3. The predicted molar refractivity (Wildman–Crippen MR) is 120 cm³/mol. The van der Waals surface area contributed by atoms with E-state index in [9.17, 15) is 35.6 Å². The van der Waals surface area contributed by atoms with E-state index in [0.717, 1.165) is 17.4 Å². The number of allylic oxidation sites excluding steroid dienone is 1. The van der Waals surface area contributed by atoms with Crippen LogP contribution in [0.15, 0.2) is 35.3 Å². The maximum Gasteiger partial charge on any atom is 0.431 e. The predicted octanol–water partition coefficient (Wildman–Crippen LogP) is 3.94. The first-order valence-corrected chi connectivity index (χ1v) is 11.7. The number of rotatable bonds is 7. The number of halogens is 5. The molecule has 0 atom stereocenters. The van der Waals surface area contributed by atoms with Crippen LogP contribution in [-0.4, -0.2) is 34.3 Å². The van der Waals surface area contributed by atoms with E-state index in [4.69, 9.17) is 23.8 Å². The van der Waals surface area contributed by atoms with Gasteiger partial charge >= 0.3 is 16.4 Å². The van der Waals surface area contributed by atoms with Crippen LogP contribution < -0.4 is 10.3 Å². The zero-order valence-electron chi connectivity index (χ0n) is 18.0. The average Bonchev–Trinajstić information content (AvgIpc) is 2.68. The average molecular weight is 543 g/mol. The van der Waals surface area contributed by atoms with E-state index in [2.05, 4.69) is 6.58 Å². The summed E-state index contributed by atoms with van der Waals surface area (Å²) in [5.74, 6) is -2.46. The van der Waals surface area contributed by atoms with Gasteiger partial charge in [-0.15, -0.1) is 0 Å². The van der Waals surface area contributed by atoms with Crippen LogP contribution in [-0.2, 0) is 23.4 Å². The molecule has 0 radical (unpaired) electrons. The summed E-state index contributed by atoms with van der Waals surface area (Å²) in [6, 6.07) is 1.54. The Bertz CT molecular complexity index is 1380. The molecule has 1 aromatic carbocycles. The Balaban J connectivity index is 2.65. The van der Waals surface area contributed by atoms with E-state index in [0.29, 0.717) is 21.6 Å². The summed E-state index contributed by atoms with van der Waals surface area (Å²) in [5, 5.41) is -0.512. The van der Waals surface area contributed by atoms with Gasteiger partial charge in [0, 0.05) is 25.4 Å². The molecule has 15 heteroatoms. The molecule has 0 saturated carbocycles. The molecule has 2 rings (SSSR count). The number of hydrogen-bond donors (Lipinski definition) is 1. The minimum absolute atomic E-state index is 0.0110. The van der Waals surface area contributed by atoms with Crippen molar-refractivity contribution in [2.45, 2.75) is 26.4 Å². The van der Waals surface area contributed by atoms with Crippen molar-refractivity contribution in [3.8, 4) is 5.69 Å². The SMILES string of the molecule is C=C(C)N(CCC)S(=O)(=O)NC(=O)c1cc(-n2c(=O)cc(C(F)(F)F)n(C)c2=S)c(F)cc1Cl. The quantitative estimate of drug-likeness (QED) is 0.423. The molecule has 0 bridgehead atoms. The van der Waals surface area contributed by atoms with Crippen molar-refractivity contribution in [3.63, 3.8) is 0 Å². The van der Waals surface area contributed by atoms with E-state index in [1.54, 1.807) is 11.6 Å². The lowest BCUT2D eigenvalue weighted by molar-refractivity contribution is -0.143. The molecule has 1 amide bonds. The summed E-state index contributed by atoms with van der Waals surface area (Å²) in [7, 11) is -3.49. The number of amides is 1. The minimum atomic E-state index is -4.91. The second kappa shape index (κ2) is 9.88. The Hall–Kier alpha value is -2.71. The summed E-state index contributed by atoms with van der Waals surface area (Å²) < 4.78 is 82.1. The Morgan fingerprint density at radius 1 is 1.29 bits per heavy atom. The monoisotopic (exact) mass is 542 g/mol. The maximum atomic E-state index is 14.7. The Kier molecular flexibility index (Phi) is 8.00. The molecule has 0 fully saturated rings. The topological polar surface area (TPSA) is 93.4 Å². The highest BCUT2D eigenvalue weighted by Gasteiger charge is 2.35. The fraction of sp³-hybridized carbons (Fsp3) is 0.316. The van der Waals surface area contributed by atoms with Crippen molar-refractivity contribution in [2.24, 2.45) is 7.05 Å². The highest BCUT2D eigenvalue weighted by atomic mass is 35.5. The standard InChI is InChI=1S/C19H19ClF4N4O4S2/c1-5-6-27(10(2)3)34(31,32)25-17(30)11-7-14(13(21)8-12(11)20)28-16(29)9-15(19(22,23)24)26(4)18(28)33/h7-9H,2,5-6H2,1,3-4H3,(H,25,30). The molecule has 0 aliphatic heterocycles. The highest BCUT2D eigenvalue weighted by molar-refractivity contribution is 7.87. The van der Waals surface area contributed by atoms with Gasteiger partial charge in [0.25, 0.3) is 11.5 Å². The van der Waals surface area contributed by atoms with E-state index in [1.807, 2.05) is 0 Å². The lowest BCUT2D eigenvalue weighted by atomic mass is 10.1. The van der Waals surface area contributed by atoms with Crippen molar-refractivity contribution in [1.82, 2.24) is 18.2 Å². The smallest absolute Gasteiger partial charge is 0.317 e. The van der Waals surface area contributed by atoms with E-state index in [-0.39, 0.29) is 18.3 Å². The summed E-state index contributed by atoms with van der Waals surface area (Å²) in [6.07, 6.45) is -4.51. The number of carbonyl (C=O) groups is 1. The highest BCUT2D eigenvalue weighted by Crippen LogP contribution is 2.29. The number of aromatic nitrogens is 2. The Morgan fingerprint density at radius 2 is 1.88 bits per heavy atom. The molecular weight excluding hydrogens is 524 g/mol. The first-order chi connectivity index (χ1) is 15.5. The molecule has 186 valence electrons. The van der Waals surface area contributed by atoms with Crippen LogP contribution in [0.25, 0.3) is 5.69 Å². The van der Waals surface area contributed by atoms with E-state index in [1.165, 1.54) is 6.92 Å². The Morgan fingerprint density at radius 3 is 2.38 bits per heavy atom. The third kappa shape index (κ3) is 5.50. The van der Waals surface area contributed by atoms with Crippen LogP contribution in [0.4, 0.5) is 17.6 Å². The van der Waals surface area contributed by atoms with Crippen LogP contribution >= 0.6 is 23.8 Å². The van der Waals surface area contributed by atoms with Crippen LogP contribution in [0.2, 0.25) is 5.02 Å². The molecule has 0 saturated heterocycles. The number of alkyl halides is 3. The summed E-state index contributed by atoms with van der Waals surface area (Å²) in [4.78, 5) is 25.1. The molecule has 1 N–H and O–H groups in total. The summed E-state index contributed by atoms with van der Waals surface area (Å²) in [6.45, 7) is 6.66. The maximum absolute atomic E-state index is 14.7. The van der Waals surface area contributed by atoms with Gasteiger partial charge in [-0.1, -0.05) is 25.1 Å². The zero-order chi connectivity index (χ0) is 26.2. The van der Waals surface area contributed by atoms with Crippen LogP contribution in [0.1, 0.15) is 36.3 Å². The van der Waals surface area contributed by atoms with Gasteiger partial charge in [-0.2, -0.15) is 21.6 Å². The molecule has 0 aliphatic rings. The van der Waals surface area contributed by atoms with Crippen molar-refractivity contribution >= 4 is 39.9 Å². The van der Waals surface area contributed by atoms with Crippen LogP contribution in [0, 0.1) is 10.6 Å². The fourth-order valence-corrected chi connectivity index (χ4v) is 4.76. The van der Waals surface area contributed by atoms with Gasteiger partial charge < -0.3 is 4.57 Å². The fourth-order valence-electron chi connectivity index (χ4n) is 2.95. The molecule has 0 spiro atoms. The summed E-state index contributed by atoms with van der Waals surface area (Å²) >= 11 is 10.8. The normalized spacial score (nSPS) is 11.9.